The van der Waals surface area contributed by atoms with E-state index in [1.807, 2.05) is 25.1 Å². The van der Waals surface area contributed by atoms with Gasteiger partial charge in [-0.15, -0.1) is 0 Å². The topological polar surface area (TPSA) is 55.9 Å². The maximum Gasteiger partial charge on any atom is 0.319 e. The minimum Gasteiger partial charge on any atom is -0.376 e. The first-order valence-corrected chi connectivity index (χ1v) is 8.41. The summed E-state index contributed by atoms with van der Waals surface area (Å²) in [6.45, 7) is 1.20. The summed E-state index contributed by atoms with van der Waals surface area (Å²) in [5.41, 5.74) is 1.62. The first kappa shape index (κ1) is 18.4. The van der Waals surface area contributed by atoms with Gasteiger partial charge in [-0.2, -0.15) is 0 Å². The van der Waals surface area contributed by atoms with Crippen LogP contribution in [0, 0.1) is 5.92 Å². The van der Waals surface area contributed by atoms with Crippen molar-refractivity contribution >= 4 is 34.9 Å². The van der Waals surface area contributed by atoms with Gasteiger partial charge >= 0.3 is 6.03 Å². The molecule has 0 atom stereocenters. The van der Waals surface area contributed by atoms with Crippen molar-refractivity contribution in [1.82, 2.24) is 9.80 Å². The summed E-state index contributed by atoms with van der Waals surface area (Å²) in [6.07, 6.45) is 1.34. The fourth-order valence-electron chi connectivity index (χ4n) is 2.85. The molecule has 1 fully saturated rings. The Hall–Kier alpha value is -1.95. The van der Waals surface area contributed by atoms with E-state index in [1.54, 1.807) is 36.0 Å². The van der Waals surface area contributed by atoms with Gasteiger partial charge < -0.3 is 20.0 Å². The number of benzene rings is 1. The summed E-state index contributed by atoms with van der Waals surface area (Å²) in [6, 6.07) is 5.45. The highest BCUT2D eigenvalue weighted by Crippen LogP contribution is 2.29. The van der Waals surface area contributed by atoms with Crippen LogP contribution in [0.4, 0.5) is 16.2 Å². The molecule has 1 N–H and O–H groups in total. The zero-order chi connectivity index (χ0) is 17.9. The fraction of sp³-hybridized carbons (Fsp3) is 0.529. The van der Waals surface area contributed by atoms with Crippen molar-refractivity contribution in [2.75, 3.05) is 51.5 Å². The van der Waals surface area contributed by atoms with Crippen LogP contribution in [-0.2, 0) is 4.79 Å². The average Bonchev–Trinajstić information content (AvgIpc) is 2.54. The molecule has 7 heteroatoms. The quantitative estimate of drug-likeness (QED) is 0.910. The minimum atomic E-state index is -0.0924. The Morgan fingerprint density at radius 1 is 1.17 bits per heavy atom. The summed E-state index contributed by atoms with van der Waals surface area (Å²) >= 11 is 6.06. The largest absolute Gasteiger partial charge is 0.376 e. The van der Waals surface area contributed by atoms with Crippen molar-refractivity contribution in [3.8, 4) is 0 Å². The molecule has 24 heavy (non-hydrogen) atoms. The number of hydrogen-bond acceptors (Lipinski definition) is 3. The number of anilines is 2. The molecule has 0 unspecified atom stereocenters. The number of halogens is 1. The Kier molecular flexibility index (Phi) is 5.94. The van der Waals surface area contributed by atoms with E-state index in [0.29, 0.717) is 36.6 Å². The summed E-state index contributed by atoms with van der Waals surface area (Å²) in [7, 11) is 7.32. The van der Waals surface area contributed by atoms with Crippen LogP contribution < -0.4 is 10.2 Å². The van der Waals surface area contributed by atoms with Crippen LogP contribution in [0.25, 0.3) is 0 Å². The van der Waals surface area contributed by atoms with E-state index in [2.05, 4.69) is 5.32 Å². The number of amides is 3. The van der Waals surface area contributed by atoms with Gasteiger partial charge in [0.05, 0.1) is 11.4 Å². The SMILES string of the molecule is CN(C)C(=O)N1CCC(C(=O)Nc2cc(Cl)ccc2N(C)C)CC1. The van der Waals surface area contributed by atoms with Crippen molar-refractivity contribution in [1.29, 1.82) is 0 Å². The van der Waals surface area contributed by atoms with Crippen LogP contribution in [0.5, 0.6) is 0 Å². The molecule has 1 heterocycles. The number of nitrogens with zero attached hydrogens (tertiary/aromatic N) is 3. The minimum absolute atomic E-state index is 0.00130. The van der Waals surface area contributed by atoms with Crippen LogP contribution in [-0.4, -0.2) is 63.0 Å². The van der Waals surface area contributed by atoms with E-state index in [0.717, 1.165) is 5.69 Å². The number of carbonyl (C=O) groups excluding carboxylic acids is 2. The first-order chi connectivity index (χ1) is 11.3. The summed E-state index contributed by atoms with van der Waals surface area (Å²) in [5, 5.41) is 3.58. The van der Waals surface area contributed by atoms with E-state index >= 15 is 0 Å². The number of urea groups is 1. The number of likely N-dealkylation sites (tertiary alicyclic amines) is 1. The Balaban J connectivity index is 2.00. The van der Waals surface area contributed by atoms with Gasteiger partial charge in [0.2, 0.25) is 5.91 Å². The molecule has 1 aromatic carbocycles. The van der Waals surface area contributed by atoms with Crippen LogP contribution in [0.2, 0.25) is 5.02 Å². The van der Waals surface area contributed by atoms with Crippen molar-refractivity contribution in [3.63, 3.8) is 0 Å². The lowest BCUT2D eigenvalue weighted by Gasteiger charge is -2.33. The molecule has 6 nitrogen and oxygen atoms in total. The molecule has 0 aliphatic carbocycles. The highest BCUT2D eigenvalue weighted by molar-refractivity contribution is 6.31. The molecule has 1 aliphatic heterocycles. The molecule has 0 saturated carbocycles. The molecule has 0 bridgehead atoms. The molecule has 1 saturated heterocycles. The van der Waals surface area contributed by atoms with E-state index in [1.165, 1.54) is 0 Å². The van der Waals surface area contributed by atoms with Gasteiger partial charge in [-0.1, -0.05) is 11.6 Å². The molecular weight excluding hydrogens is 328 g/mol. The molecule has 0 radical (unpaired) electrons. The second-order valence-corrected chi connectivity index (χ2v) is 6.92. The van der Waals surface area contributed by atoms with Gasteiger partial charge in [-0.25, -0.2) is 4.79 Å². The van der Waals surface area contributed by atoms with E-state index in [-0.39, 0.29) is 17.9 Å². The van der Waals surface area contributed by atoms with E-state index in [9.17, 15) is 9.59 Å². The van der Waals surface area contributed by atoms with Crippen molar-refractivity contribution < 1.29 is 9.59 Å². The van der Waals surface area contributed by atoms with Crippen molar-refractivity contribution in [3.05, 3.63) is 23.2 Å². The van der Waals surface area contributed by atoms with Crippen molar-refractivity contribution in [2.24, 2.45) is 5.92 Å². The van der Waals surface area contributed by atoms with E-state index < -0.39 is 0 Å². The lowest BCUT2D eigenvalue weighted by atomic mass is 9.96. The Morgan fingerprint density at radius 3 is 2.33 bits per heavy atom. The maximum atomic E-state index is 12.6. The molecule has 1 aromatic rings. The summed E-state index contributed by atoms with van der Waals surface area (Å²) in [5.74, 6) is -0.109. The number of piperidine rings is 1. The predicted octanol–water partition coefficient (Wildman–Crippen LogP) is 2.74. The summed E-state index contributed by atoms with van der Waals surface area (Å²) in [4.78, 5) is 29.8. The lowest BCUT2D eigenvalue weighted by Crippen LogP contribution is -2.45. The molecule has 2 rings (SSSR count). The van der Waals surface area contributed by atoms with Crippen LogP contribution in [0.1, 0.15) is 12.8 Å². The van der Waals surface area contributed by atoms with Gasteiger partial charge in [0, 0.05) is 52.2 Å². The predicted molar refractivity (Wildman–Crippen MR) is 97.8 cm³/mol. The van der Waals surface area contributed by atoms with Gasteiger partial charge in [0.15, 0.2) is 0 Å². The zero-order valence-corrected chi connectivity index (χ0v) is 15.4. The summed E-state index contributed by atoms with van der Waals surface area (Å²) < 4.78 is 0. The average molecular weight is 353 g/mol. The standard InChI is InChI=1S/C17H25ClN4O2/c1-20(2)15-6-5-13(18)11-14(15)19-16(23)12-7-9-22(10-8-12)17(24)21(3)4/h5-6,11-12H,7-10H2,1-4H3,(H,19,23). The molecule has 1 aliphatic rings. The molecule has 0 aromatic heterocycles. The van der Waals surface area contributed by atoms with Gasteiger partial charge in [-0.05, 0) is 31.0 Å². The number of nitrogens with one attached hydrogen (secondary N) is 1. The smallest absolute Gasteiger partial charge is 0.319 e. The van der Waals surface area contributed by atoms with Gasteiger partial charge in [-0.3, -0.25) is 4.79 Å². The Bertz CT molecular complexity index is 611. The second kappa shape index (κ2) is 7.75. The van der Waals surface area contributed by atoms with Gasteiger partial charge in [0.25, 0.3) is 0 Å². The van der Waals surface area contributed by atoms with E-state index in [4.69, 9.17) is 11.6 Å². The Morgan fingerprint density at radius 2 is 1.79 bits per heavy atom. The maximum absolute atomic E-state index is 12.6. The van der Waals surface area contributed by atoms with Crippen molar-refractivity contribution in [2.45, 2.75) is 12.8 Å². The number of hydrogen-bond donors (Lipinski definition) is 1. The normalized spacial score (nSPS) is 15.1. The van der Waals surface area contributed by atoms with Crippen LogP contribution in [0.3, 0.4) is 0 Å². The van der Waals surface area contributed by atoms with Crippen LogP contribution in [0.15, 0.2) is 18.2 Å². The molecule has 3 amide bonds. The number of rotatable bonds is 3. The zero-order valence-electron chi connectivity index (χ0n) is 14.7. The third-order valence-electron chi connectivity index (χ3n) is 4.22. The molecule has 132 valence electrons. The third-order valence-corrected chi connectivity index (χ3v) is 4.45. The third kappa shape index (κ3) is 4.32. The highest BCUT2D eigenvalue weighted by Gasteiger charge is 2.28. The molecular formula is C17H25ClN4O2. The Labute approximate surface area is 148 Å². The van der Waals surface area contributed by atoms with Crippen LogP contribution >= 0.6 is 11.6 Å². The fourth-order valence-corrected chi connectivity index (χ4v) is 3.02. The monoisotopic (exact) mass is 352 g/mol. The second-order valence-electron chi connectivity index (χ2n) is 6.48. The number of carbonyl (C=O) groups is 2. The highest BCUT2D eigenvalue weighted by atomic mass is 35.5. The van der Waals surface area contributed by atoms with Gasteiger partial charge in [0.1, 0.15) is 0 Å². The first-order valence-electron chi connectivity index (χ1n) is 8.03. The lowest BCUT2D eigenvalue weighted by molar-refractivity contribution is -0.121. The molecule has 0 spiro atoms.